The molecule has 0 saturated carbocycles. The molecule has 2 nitrogen and oxygen atoms in total. The predicted molar refractivity (Wildman–Crippen MR) is 65.2 cm³/mol. The van der Waals surface area contributed by atoms with Gasteiger partial charge < -0.3 is 4.42 Å². The van der Waals surface area contributed by atoms with Gasteiger partial charge in [-0.3, -0.25) is 4.79 Å². The van der Waals surface area contributed by atoms with Crippen molar-refractivity contribution in [2.24, 2.45) is 0 Å². The van der Waals surface area contributed by atoms with Gasteiger partial charge in [0, 0.05) is 6.42 Å². The van der Waals surface area contributed by atoms with Gasteiger partial charge in [-0.2, -0.15) is 0 Å². The molecule has 0 amide bonds. The fourth-order valence-corrected chi connectivity index (χ4v) is 2.45. The fraction of sp³-hybridized carbons (Fsp3) is 0.267. The lowest BCUT2D eigenvalue weighted by Gasteiger charge is -2.03. The van der Waals surface area contributed by atoms with Gasteiger partial charge in [0.2, 0.25) is 0 Å². The van der Waals surface area contributed by atoms with E-state index in [4.69, 9.17) is 4.42 Å². The van der Waals surface area contributed by atoms with Crippen LogP contribution in [0.4, 0.5) is 0 Å². The van der Waals surface area contributed by atoms with Gasteiger partial charge in [0.05, 0.1) is 11.8 Å². The van der Waals surface area contributed by atoms with Crippen molar-refractivity contribution in [2.75, 3.05) is 0 Å². The van der Waals surface area contributed by atoms with E-state index in [9.17, 15) is 4.79 Å². The van der Waals surface area contributed by atoms with E-state index >= 15 is 0 Å². The molecule has 2 aromatic rings. The lowest BCUT2D eigenvalue weighted by Crippen LogP contribution is -2.02. The molecule has 86 valence electrons. The van der Waals surface area contributed by atoms with E-state index < -0.39 is 0 Å². The number of ketones is 1. The molecule has 0 aliphatic heterocycles. The third-order valence-electron chi connectivity index (χ3n) is 3.37. The third-order valence-corrected chi connectivity index (χ3v) is 3.37. The molecule has 0 saturated heterocycles. The largest absolute Gasteiger partial charge is 0.472 e. The fourth-order valence-electron chi connectivity index (χ4n) is 2.45. The molecule has 0 radical (unpaired) electrons. The van der Waals surface area contributed by atoms with Crippen molar-refractivity contribution >= 4 is 5.78 Å². The highest BCUT2D eigenvalue weighted by molar-refractivity contribution is 5.97. The second-order valence-corrected chi connectivity index (χ2v) is 4.57. The number of fused-ring (bicyclic) bond motifs is 1. The molecule has 2 heteroatoms. The standard InChI is InChI=1S/C15H14O2/c16-15(14-6-7-17-10-14)9-11-4-5-12-2-1-3-13(12)8-11/h4-8,10H,1-3,9H2. The van der Waals surface area contributed by atoms with Crippen LogP contribution in [-0.2, 0) is 19.3 Å². The molecule has 1 aliphatic rings. The third kappa shape index (κ3) is 2.03. The van der Waals surface area contributed by atoms with Crippen LogP contribution in [-0.4, -0.2) is 5.78 Å². The smallest absolute Gasteiger partial charge is 0.170 e. The lowest BCUT2D eigenvalue weighted by atomic mass is 10.0. The monoisotopic (exact) mass is 226 g/mol. The van der Waals surface area contributed by atoms with E-state index in [2.05, 4.69) is 18.2 Å². The van der Waals surface area contributed by atoms with E-state index in [-0.39, 0.29) is 5.78 Å². The van der Waals surface area contributed by atoms with Gasteiger partial charge in [0.25, 0.3) is 0 Å². The molecule has 0 unspecified atom stereocenters. The quantitative estimate of drug-likeness (QED) is 0.752. The predicted octanol–water partition coefficient (Wildman–Crippen LogP) is 3.19. The summed E-state index contributed by atoms with van der Waals surface area (Å²) in [5, 5.41) is 0. The number of rotatable bonds is 3. The van der Waals surface area contributed by atoms with Gasteiger partial charge in [0.15, 0.2) is 5.78 Å². The van der Waals surface area contributed by atoms with Crippen LogP contribution in [0.1, 0.15) is 33.5 Å². The normalized spacial score (nSPS) is 13.6. The molecule has 3 rings (SSSR count). The first-order valence-electron chi connectivity index (χ1n) is 5.99. The van der Waals surface area contributed by atoms with Crippen LogP contribution < -0.4 is 0 Å². The van der Waals surface area contributed by atoms with Crippen LogP contribution >= 0.6 is 0 Å². The summed E-state index contributed by atoms with van der Waals surface area (Å²) in [6.45, 7) is 0. The molecule has 0 atom stereocenters. The van der Waals surface area contributed by atoms with Gasteiger partial charge in [-0.1, -0.05) is 18.2 Å². The van der Waals surface area contributed by atoms with E-state index in [0.29, 0.717) is 12.0 Å². The molecule has 0 spiro atoms. The molecule has 1 aromatic heterocycles. The zero-order chi connectivity index (χ0) is 11.7. The Morgan fingerprint density at radius 1 is 1.18 bits per heavy atom. The van der Waals surface area contributed by atoms with Gasteiger partial charge in [-0.25, -0.2) is 0 Å². The molecule has 17 heavy (non-hydrogen) atoms. The first kappa shape index (κ1) is 10.3. The minimum atomic E-state index is 0.122. The van der Waals surface area contributed by atoms with Crippen LogP contribution in [0.15, 0.2) is 41.2 Å². The van der Waals surface area contributed by atoms with Crippen LogP contribution in [0.25, 0.3) is 0 Å². The average molecular weight is 226 g/mol. The summed E-state index contributed by atoms with van der Waals surface area (Å²) in [5.41, 5.74) is 4.63. The highest BCUT2D eigenvalue weighted by Gasteiger charge is 2.13. The van der Waals surface area contributed by atoms with E-state index in [1.165, 1.54) is 36.5 Å². The number of Topliss-reactive ketones (excluding diaryl/α,β-unsaturated/α-hetero) is 1. The van der Waals surface area contributed by atoms with Crippen LogP contribution in [0.3, 0.4) is 0 Å². The summed E-state index contributed by atoms with van der Waals surface area (Å²) in [6, 6.07) is 8.14. The highest BCUT2D eigenvalue weighted by atomic mass is 16.3. The zero-order valence-electron chi connectivity index (χ0n) is 9.61. The molecule has 1 aromatic carbocycles. The Morgan fingerprint density at radius 2 is 2.06 bits per heavy atom. The highest BCUT2D eigenvalue weighted by Crippen LogP contribution is 2.23. The van der Waals surface area contributed by atoms with Crippen molar-refractivity contribution < 1.29 is 9.21 Å². The van der Waals surface area contributed by atoms with Gasteiger partial charge in [-0.05, 0) is 42.0 Å². The Kier molecular flexibility index (Phi) is 2.56. The Labute approximate surface area is 100 Å². The first-order valence-corrected chi connectivity index (χ1v) is 5.99. The maximum Gasteiger partial charge on any atom is 0.170 e. The van der Waals surface area contributed by atoms with E-state index in [1.807, 2.05) is 0 Å². The summed E-state index contributed by atoms with van der Waals surface area (Å²) < 4.78 is 4.93. The Balaban J connectivity index is 1.80. The topological polar surface area (TPSA) is 30.2 Å². The number of carbonyl (C=O) groups excluding carboxylic acids is 1. The van der Waals surface area contributed by atoms with Crippen molar-refractivity contribution in [3.05, 3.63) is 59.0 Å². The van der Waals surface area contributed by atoms with E-state index in [0.717, 1.165) is 12.0 Å². The molecule has 0 bridgehead atoms. The van der Waals surface area contributed by atoms with Crippen molar-refractivity contribution in [3.8, 4) is 0 Å². The second kappa shape index (κ2) is 4.21. The number of furan rings is 1. The summed E-state index contributed by atoms with van der Waals surface area (Å²) >= 11 is 0. The molecule has 0 N–H and O–H groups in total. The summed E-state index contributed by atoms with van der Waals surface area (Å²) in [6.07, 6.45) is 7.10. The number of carbonyl (C=O) groups is 1. The average Bonchev–Trinajstić information content (AvgIpc) is 2.99. The van der Waals surface area contributed by atoms with Crippen LogP contribution in [0, 0.1) is 0 Å². The van der Waals surface area contributed by atoms with Gasteiger partial charge in [0.1, 0.15) is 6.26 Å². The number of aryl methyl sites for hydroxylation is 2. The number of benzene rings is 1. The number of hydrogen-bond acceptors (Lipinski definition) is 2. The first-order chi connectivity index (χ1) is 8.33. The summed E-state index contributed by atoms with van der Waals surface area (Å²) in [4.78, 5) is 11.9. The molecular weight excluding hydrogens is 212 g/mol. The lowest BCUT2D eigenvalue weighted by molar-refractivity contribution is 0.0992. The van der Waals surface area contributed by atoms with Crippen molar-refractivity contribution in [3.63, 3.8) is 0 Å². The van der Waals surface area contributed by atoms with Crippen molar-refractivity contribution in [1.29, 1.82) is 0 Å². The minimum Gasteiger partial charge on any atom is -0.472 e. The SMILES string of the molecule is O=C(Cc1ccc2c(c1)CCC2)c1ccoc1. The Hall–Kier alpha value is -1.83. The second-order valence-electron chi connectivity index (χ2n) is 4.57. The molecule has 1 aliphatic carbocycles. The van der Waals surface area contributed by atoms with Gasteiger partial charge >= 0.3 is 0 Å². The maximum atomic E-state index is 11.9. The van der Waals surface area contributed by atoms with Crippen LogP contribution in [0.5, 0.6) is 0 Å². The van der Waals surface area contributed by atoms with Crippen molar-refractivity contribution in [2.45, 2.75) is 25.7 Å². The van der Waals surface area contributed by atoms with Gasteiger partial charge in [-0.15, -0.1) is 0 Å². The van der Waals surface area contributed by atoms with Crippen molar-refractivity contribution in [1.82, 2.24) is 0 Å². The summed E-state index contributed by atoms with van der Waals surface area (Å²) in [7, 11) is 0. The zero-order valence-corrected chi connectivity index (χ0v) is 9.61. The Morgan fingerprint density at radius 3 is 2.88 bits per heavy atom. The van der Waals surface area contributed by atoms with Crippen LogP contribution in [0.2, 0.25) is 0 Å². The molecule has 0 fully saturated rings. The molecular formula is C15H14O2. The number of hydrogen-bond donors (Lipinski definition) is 0. The van der Waals surface area contributed by atoms with E-state index in [1.54, 1.807) is 6.07 Å². The maximum absolute atomic E-state index is 11.9. The molecule has 1 heterocycles. The summed E-state index contributed by atoms with van der Waals surface area (Å²) in [5.74, 6) is 0.122. The Bertz CT molecular complexity index is 538. The minimum absolute atomic E-state index is 0.122.